The molecule has 1 saturated carbocycles. The van der Waals surface area contributed by atoms with Gasteiger partial charge in [0.15, 0.2) is 0 Å². The number of rotatable bonds is 5. The van der Waals surface area contributed by atoms with Crippen molar-refractivity contribution in [1.82, 2.24) is 29.6 Å². The van der Waals surface area contributed by atoms with Crippen LogP contribution in [0.2, 0.25) is 0 Å². The fourth-order valence-electron chi connectivity index (χ4n) is 3.86. The average molecular weight is 414 g/mol. The molecule has 0 saturated heterocycles. The number of alkyl halides is 3. The lowest BCUT2D eigenvalue weighted by Crippen LogP contribution is -2.28. The van der Waals surface area contributed by atoms with Crippen molar-refractivity contribution in [2.24, 2.45) is 7.05 Å². The van der Waals surface area contributed by atoms with Crippen molar-refractivity contribution in [2.75, 3.05) is 0 Å². The summed E-state index contributed by atoms with van der Waals surface area (Å²) in [5, 5.41) is 8.26. The summed E-state index contributed by atoms with van der Waals surface area (Å²) in [5.41, 5.74) is 1.24. The number of carbonyl (C=O) groups is 1. The zero-order chi connectivity index (χ0) is 21.1. The van der Waals surface area contributed by atoms with Crippen LogP contribution in [-0.4, -0.2) is 30.7 Å². The van der Waals surface area contributed by atoms with E-state index < -0.39 is 17.3 Å². The van der Waals surface area contributed by atoms with Crippen LogP contribution in [-0.2, 0) is 30.1 Å². The highest BCUT2D eigenvalue weighted by Gasteiger charge is 2.46. The van der Waals surface area contributed by atoms with Crippen LogP contribution in [0, 0.1) is 0 Å². The van der Waals surface area contributed by atoms with E-state index in [1.807, 2.05) is 6.20 Å². The van der Waals surface area contributed by atoms with Gasteiger partial charge in [-0.1, -0.05) is 0 Å². The second-order valence-electron chi connectivity index (χ2n) is 7.55. The van der Waals surface area contributed by atoms with Crippen molar-refractivity contribution in [2.45, 2.75) is 31.1 Å². The maximum Gasteiger partial charge on any atom is 0.416 e. The smallest absolute Gasteiger partial charge is 0.348 e. The zero-order valence-corrected chi connectivity index (χ0v) is 15.9. The fourth-order valence-corrected chi connectivity index (χ4v) is 3.86. The molecule has 10 heteroatoms. The molecule has 1 aliphatic carbocycles. The minimum atomic E-state index is -4.41. The number of benzene rings is 1. The normalized spacial score (nSPS) is 15.6. The van der Waals surface area contributed by atoms with E-state index in [0.29, 0.717) is 17.8 Å². The summed E-state index contributed by atoms with van der Waals surface area (Å²) < 4.78 is 42.5. The number of nitrogens with zero attached hydrogens (tertiary/aromatic N) is 5. The van der Waals surface area contributed by atoms with E-state index in [2.05, 4.69) is 20.4 Å². The van der Waals surface area contributed by atoms with Crippen molar-refractivity contribution in [3.63, 3.8) is 0 Å². The van der Waals surface area contributed by atoms with Gasteiger partial charge in [-0.2, -0.15) is 18.3 Å². The number of fused-ring (bicyclic) bond motifs is 2. The van der Waals surface area contributed by atoms with Gasteiger partial charge >= 0.3 is 6.18 Å². The number of nitrogens with one attached hydrogen (secondary N) is 1. The summed E-state index contributed by atoms with van der Waals surface area (Å²) in [6, 6.07) is 5.33. The largest absolute Gasteiger partial charge is 0.416 e. The maximum absolute atomic E-state index is 13.0. The predicted octanol–water partition coefficient (Wildman–Crippen LogP) is 3.12. The Kier molecular flexibility index (Phi) is 3.89. The molecule has 0 atom stereocenters. The van der Waals surface area contributed by atoms with Crippen molar-refractivity contribution < 1.29 is 18.0 Å². The van der Waals surface area contributed by atoms with Gasteiger partial charge in [-0.05, 0) is 37.1 Å². The highest BCUT2D eigenvalue weighted by atomic mass is 19.4. The quantitative estimate of drug-likeness (QED) is 0.509. The monoisotopic (exact) mass is 414 g/mol. The van der Waals surface area contributed by atoms with Crippen LogP contribution in [0.15, 0.2) is 36.7 Å². The Bertz CT molecular complexity index is 1290. The lowest BCUT2D eigenvalue weighted by molar-refractivity contribution is -0.137. The predicted molar refractivity (Wildman–Crippen MR) is 102 cm³/mol. The second-order valence-corrected chi connectivity index (χ2v) is 7.55. The lowest BCUT2D eigenvalue weighted by Gasteiger charge is -2.13. The number of halogens is 3. The number of aromatic nitrogens is 5. The van der Waals surface area contributed by atoms with E-state index in [1.54, 1.807) is 28.6 Å². The van der Waals surface area contributed by atoms with Crippen LogP contribution in [0.3, 0.4) is 0 Å². The number of pyridine rings is 1. The fraction of sp³-hybridized carbons (Fsp3) is 0.300. The summed E-state index contributed by atoms with van der Waals surface area (Å²) >= 11 is 0. The minimum Gasteiger partial charge on any atom is -0.348 e. The third-order valence-electron chi connectivity index (χ3n) is 5.62. The molecule has 3 heterocycles. The maximum atomic E-state index is 13.0. The Morgan fingerprint density at radius 2 is 2.03 bits per heavy atom. The second kappa shape index (κ2) is 6.28. The molecule has 0 bridgehead atoms. The Balaban J connectivity index is 1.52. The summed E-state index contributed by atoms with van der Waals surface area (Å²) in [6.07, 6.45) is 1.40. The first kappa shape index (κ1) is 18.6. The Morgan fingerprint density at radius 1 is 1.23 bits per heavy atom. The highest BCUT2D eigenvalue weighted by molar-refractivity contribution is 5.82. The Labute approximate surface area is 168 Å². The summed E-state index contributed by atoms with van der Waals surface area (Å²) in [6.45, 7) is 0.286. The number of hydrogen-bond acceptors (Lipinski definition) is 4. The molecule has 1 amide bonds. The SMILES string of the molecule is Cn1c(Cn2cc3c(C4(NC=O)CC4)nccc3n2)nc2cc(C(F)(F)F)ccc21. The first-order valence-corrected chi connectivity index (χ1v) is 9.37. The topological polar surface area (TPSA) is 77.6 Å². The van der Waals surface area contributed by atoms with E-state index in [4.69, 9.17) is 0 Å². The van der Waals surface area contributed by atoms with Crippen LogP contribution in [0.4, 0.5) is 13.2 Å². The van der Waals surface area contributed by atoms with Crippen molar-refractivity contribution in [1.29, 1.82) is 0 Å². The number of hydrogen-bond donors (Lipinski definition) is 1. The molecule has 4 aromatic rings. The summed E-state index contributed by atoms with van der Waals surface area (Å²) in [5.74, 6) is 0.582. The van der Waals surface area contributed by atoms with Gasteiger partial charge in [0.2, 0.25) is 6.41 Å². The molecule has 5 rings (SSSR count). The molecule has 154 valence electrons. The number of aryl methyl sites for hydroxylation is 1. The molecule has 1 aliphatic rings. The first-order chi connectivity index (χ1) is 14.3. The van der Waals surface area contributed by atoms with E-state index >= 15 is 0 Å². The van der Waals surface area contributed by atoms with E-state index in [-0.39, 0.29) is 12.1 Å². The summed E-state index contributed by atoms with van der Waals surface area (Å²) in [4.78, 5) is 19.8. The van der Waals surface area contributed by atoms with E-state index in [0.717, 1.165) is 41.6 Å². The van der Waals surface area contributed by atoms with Gasteiger partial charge in [-0.25, -0.2) is 4.98 Å². The van der Waals surface area contributed by atoms with Crippen LogP contribution in [0.5, 0.6) is 0 Å². The molecular weight excluding hydrogens is 397 g/mol. The van der Waals surface area contributed by atoms with Gasteiger partial charge < -0.3 is 9.88 Å². The molecule has 0 radical (unpaired) electrons. The standard InChI is InChI=1S/C20H17F3N6O/c1-28-16-3-2-12(20(21,22)23)8-15(16)26-17(28)10-29-9-13-14(27-29)4-7-24-18(13)19(5-6-19)25-11-30/h2-4,7-9,11H,5-6,10H2,1H3,(H,25,30). The molecular formula is C20H17F3N6O. The minimum absolute atomic E-state index is 0.286. The van der Waals surface area contributed by atoms with Gasteiger partial charge in [-0.3, -0.25) is 14.5 Å². The molecule has 1 N–H and O–H groups in total. The Morgan fingerprint density at radius 3 is 2.73 bits per heavy atom. The van der Waals surface area contributed by atoms with Crippen molar-refractivity contribution >= 4 is 28.3 Å². The van der Waals surface area contributed by atoms with Gasteiger partial charge in [0.25, 0.3) is 0 Å². The number of carbonyl (C=O) groups excluding carboxylic acids is 1. The van der Waals surface area contributed by atoms with Crippen LogP contribution >= 0.6 is 0 Å². The molecule has 0 spiro atoms. The molecule has 30 heavy (non-hydrogen) atoms. The van der Waals surface area contributed by atoms with Gasteiger partial charge in [0.1, 0.15) is 5.82 Å². The molecule has 1 fully saturated rings. The number of imidazole rings is 1. The Hall–Kier alpha value is -3.43. The van der Waals surface area contributed by atoms with Gasteiger partial charge in [0.05, 0.1) is 39.9 Å². The van der Waals surface area contributed by atoms with Gasteiger partial charge in [-0.15, -0.1) is 0 Å². The van der Waals surface area contributed by atoms with Crippen LogP contribution in [0.25, 0.3) is 21.9 Å². The molecule has 0 unspecified atom stereocenters. The third-order valence-corrected chi connectivity index (χ3v) is 5.62. The molecule has 3 aromatic heterocycles. The van der Waals surface area contributed by atoms with E-state index in [1.165, 1.54) is 6.07 Å². The van der Waals surface area contributed by atoms with Crippen LogP contribution in [0.1, 0.15) is 29.9 Å². The van der Waals surface area contributed by atoms with Gasteiger partial charge in [0, 0.05) is 24.8 Å². The molecule has 7 nitrogen and oxygen atoms in total. The lowest BCUT2D eigenvalue weighted by atomic mass is 10.1. The average Bonchev–Trinajstić information content (AvgIpc) is 3.25. The highest BCUT2D eigenvalue weighted by Crippen LogP contribution is 2.46. The van der Waals surface area contributed by atoms with Crippen molar-refractivity contribution in [3.05, 3.63) is 53.7 Å². The van der Waals surface area contributed by atoms with E-state index in [9.17, 15) is 18.0 Å². The summed E-state index contributed by atoms with van der Waals surface area (Å²) in [7, 11) is 1.77. The zero-order valence-electron chi connectivity index (χ0n) is 15.9. The molecule has 0 aliphatic heterocycles. The number of amides is 1. The third kappa shape index (κ3) is 2.90. The van der Waals surface area contributed by atoms with Crippen molar-refractivity contribution in [3.8, 4) is 0 Å². The van der Waals surface area contributed by atoms with Crippen LogP contribution < -0.4 is 5.32 Å². The molecule has 1 aromatic carbocycles. The first-order valence-electron chi connectivity index (χ1n) is 9.37.